The number of hydrogen-bond acceptors (Lipinski definition) is 0. The zero-order valence-electron chi connectivity index (χ0n) is 5.16. The molecule has 0 aliphatic heterocycles. The summed E-state index contributed by atoms with van der Waals surface area (Å²) >= 11 is 3.29. The van der Waals surface area contributed by atoms with E-state index in [1.165, 1.54) is 6.21 Å². The normalized spacial score (nSPS) is 8.50. The van der Waals surface area contributed by atoms with E-state index < -0.39 is 0 Å². The van der Waals surface area contributed by atoms with Crippen LogP contribution in [-0.4, -0.2) is 11.0 Å². The molecule has 0 atom stereocenters. The zero-order valence-corrected chi connectivity index (χ0v) is 6.75. The Morgan fingerprint density at radius 3 is 2.40 bits per heavy atom. The summed E-state index contributed by atoms with van der Waals surface area (Å²) in [6, 6.07) is 7.47. The van der Waals surface area contributed by atoms with Gasteiger partial charge in [-0.2, -0.15) is 4.79 Å². The molecule has 0 bridgehead atoms. The first-order chi connectivity index (χ1) is 4.83. The quantitative estimate of drug-likeness (QED) is 0.375. The van der Waals surface area contributed by atoms with Crippen LogP contribution in [0.15, 0.2) is 28.7 Å². The molecule has 0 heterocycles. The van der Waals surface area contributed by atoms with Gasteiger partial charge in [-0.05, 0) is 24.3 Å². The lowest BCUT2D eigenvalue weighted by molar-refractivity contribution is 0.00456. The third-order valence-corrected chi connectivity index (χ3v) is 1.61. The molecule has 0 fully saturated rings. The van der Waals surface area contributed by atoms with Gasteiger partial charge in [0, 0.05) is 4.47 Å². The lowest BCUT2D eigenvalue weighted by Gasteiger charge is -1.86. The monoisotopic (exact) mass is 196 g/mol. The van der Waals surface area contributed by atoms with E-state index in [1.54, 1.807) is 0 Å². The predicted molar refractivity (Wildman–Crippen MR) is 42.9 cm³/mol. The Hall–Kier alpha value is -0.920. The summed E-state index contributed by atoms with van der Waals surface area (Å²) in [6.45, 7) is 0. The molecule has 0 radical (unpaired) electrons. The van der Waals surface area contributed by atoms with Crippen molar-refractivity contribution in [3.05, 3.63) is 39.8 Å². The van der Waals surface area contributed by atoms with Gasteiger partial charge < -0.3 is 5.53 Å². The summed E-state index contributed by atoms with van der Waals surface area (Å²) in [5, 5.41) is 0. The smallest absolute Gasteiger partial charge is 0.287 e. The van der Waals surface area contributed by atoms with Gasteiger partial charge in [0.15, 0.2) is 0 Å². The van der Waals surface area contributed by atoms with Crippen LogP contribution >= 0.6 is 15.9 Å². The summed E-state index contributed by atoms with van der Waals surface area (Å²) in [7, 11) is 0. The van der Waals surface area contributed by atoms with Crippen molar-refractivity contribution < 1.29 is 4.79 Å². The van der Waals surface area contributed by atoms with Crippen LogP contribution < -0.4 is 0 Å². The van der Waals surface area contributed by atoms with Crippen LogP contribution in [0.4, 0.5) is 0 Å². The fourth-order valence-electron chi connectivity index (χ4n) is 0.616. The Balaban J connectivity index is 3.00. The van der Waals surface area contributed by atoms with Gasteiger partial charge in [0.25, 0.3) is 6.21 Å². The van der Waals surface area contributed by atoms with Crippen molar-refractivity contribution in [2.45, 2.75) is 0 Å². The number of halogens is 1. The van der Waals surface area contributed by atoms with Crippen molar-refractivity contribution in [2.75, 3.05) is 0 Å². The van der Waals surface area contributed by atoms with Gasteiger partial charge in [-0.25, -0.2) is 0 Å². The minimum atomic E-state index is 0.880. The van der Waals surface area contributed by atoms with Gasteiger partial charge in [-0.15, -0.1) is 0 Å². The highest BCUT2D eigenvalue weighted by Crippen LogP contribution is 2.08. The lowest BCUT2D eigenvalue weighted by atomic mass is 10.2. The predicted octanol–water partition coefficient (Wildman–Crippen LogP) is 2.10. The number of benzene rings is 1. The first kappa shape index (κ1) is 7.19. The minimum Gasteiger partial charge on any atom is -0.361 e. The van der Waals surface area contributed by atoms with Gasteiger partial charge in [-0.1, -0.05) is 15.9 Å². The average Bonchev–Trinajstić information content (AvgIpc) is 1.95. The Kier molecular flexibility index (Phi) is 2.37. The molecule has 1 aromatic rings. The molecule has 0 saturated carbocycles. The first-order valence-electron chi connectivity index (χ1n) is 2.76. The van der Waals surface area contributed by atoms with E-state index in [1.807, 2.05) is 24.3 Å². The maximum Gasteiger partial charge on any atom is 0.287 e. The fourth-order valence-corrected chi connectivity index (χ4v) is 0.880. The molecule has 0 aliphatic rings. The molecule has 10 heavy (non-hydrogen) atoms. The third kappa shape index (κ3) is 1.79. The second kappa shape index (κ2) is 3.30. The van der Waals surface area contributed by atoms with Crippen LogP contribution in [0.1, 0.15) is 5.56 Å². The molecule has 3 heteroatoms. The zero-order chi connectivity index (χ0) is 7.40. The number of hydrogen-bond donors (Lipinski definition) is 0. The van der Waals surface area contributed by atoms with Crippen molar-refractivity contribution in [1.29, 1.82) is 0 Å². The Labute approximate surface area is 67.2 Å². The summed E-state index contributed by atoms with van der Waals surface area (Å²) in [4.78, 5) is 2.90. The second-order valence-corrected chi connectivity index (χ2v) is 2.71. The van der Waals surface area contributed by atoms with Gasteiger partial charge in [0.2, 0.25) is 0 Å². The molecule has 50 valence electrons. The van der Waals surface area contributed by atoms with E-state index >= 15 is 0 Å². The van der Waals surface area contributed by atoms with Crippen LogP contribution in [0.2, 0.25) is 0 Å². The van der Waals surface area contributed by atoms with E-state index in [2.05, 4.69) is 20.7 Å². The summed E-state index contributed by atoms with van der Waals surface area (Å²) < 4.78 is 1.02. The van der Waals surface area contributed by atoms with E-state index in [4.69, 9.17) is 5.53 Å². The van der Waals surface area contributed by atoms with Crippen molar-refractivity contribution in [2.24, 2.45) is 0 Å². The molecule has 0 N–H and O–H groups in total. The molecule has 0 saturated heterocycles. The molecule has 0 aliphatic carbocycles. The largest absolute Gasteiger partial charge is 0.361 e. The van der Waals surface area contributed by atoms with Crippen LogP contribution in [0.3, 0.4) is 0 Å². The van der Waals surface area contributed by atoms with Crippen molar-refractivity contribution >= 4 is 22.1 Å². The Morgan fingerprint density at radius 2 is 1.90 bits per heavy atom. The van der Waals surface area contributed by atoms with E-state index in [0.717, 1.165) is 10.0 Å². The highest BCUT2D eigenvalue weighted by atomic mass is 79.9. The maximum atomic E-state index is 8.15. The molecule has 1 aromatic carbocycles. The molecule has 0 amide bonds. The third-order valence-electron chi connectivity index (χ3n) is 1.08. The molecule has 0 unspecified atom stereocenters. The highest BCUT2D eigenvalue weighted by molar-refractivity contribution is 9.10. The van der Waals surface area contributed by atoms with Crippen molar-refractivity contribution in [3.63, 3.8) is 0 Å². The van der Waals surface area contributed by atoms with Crippen LogP contribution in [0, 0.1) is 0 Å². The SMILES string of the molecule is [N-]=[N+]=Cc1ccc(Br)cc1. The first-order valence-corrected chi connectivity index (χ1v) is 3.55. The molecular formula is C7H5BrN2. The summed E-state index contributed by atoms with van der Waals surface area (Å²) in [6.07, 6.45) is 1.38. The molecular weight excluding hydrogens is 192 g/mol. The standard InChI is InChI=1S/C7H5BrN2/c8-7-3-1-6(2-4-7)5-10-9/h1-5H. The summed E-state index contributed by atoms with van der Waals surface area (Å²) in [5.41, 5.74) is 9.03. The summed E-state index contributed by atoms with van der Waals surface area (Å²) in [5.74, 6) is 0. The van der Waals surface area contributed by atoms with Gasteiger partial charge in [0.05, 0.1) is 5.56 Å². The Morgan fingerprint density at radius 1 is 1.30 bits per heavy atom. The topological polar surface area (TPSA) is 36.4 Å². The average molecular weight is 197 g/mol. The van der Waals surface area contributed by atoms with Crippen LogP contribution in [-0.2, 0) is 0 Å². The molecule has 2 nitrogen and oxygen atoms in total. The number of nitrogens with zero attached hydrogens (tertiary/aromatic N) is 2. The fraction of sp³-hybridized carbons (Fsp3) is 0. The highest BCUT2D eigenvalue weighted by Gasteiger charge is 1.89. The van der Waals surface area contributed by atoms with E-state index in [-0.39, 0.29) is 0 Å². The maximum absolute atomic E-state index is 8.15. The molecule has 0 spiro atoms. The van der Waals surface area contributed by atoms with Crippen LogP contribution in [0.25, 0.3) is 5.53 Å². The van der Waals surface area contributed by atoms with Gasteiger partial charge in [-0.3, -0.25) is 0 Å². The Bertz CT molecular complexity index is 259. The van der Waals surface area contributed by atoms with Gasteiger partial charge >= 0.3 is 0 Å². The van der Waals surface area contributed by atoms with Crippen LogP contribution in [0.5, 0.6) is 0 Å². The van der Waals surface area contributed by atoms with E-state index in [9.17, 15) is 0 Å². The molecule has 1 rings (SSSR count). The lowest BCUT2D eigenvalue weighted by Crippen LogP contribution is -1.78. The van der Waals surface area contributed by atoms with Crippen molar-refractivity contribution in [3.8, 4) is 0 Å². The second-order valence-electron chi connectivity index (χ2n) is 1.80. The van der Waals surface area contributed by atoms with Gasteiger partial charge in [0.1, 0.15) is 0 Å². The van der Waals surface area contributed by atoms with E-state index in [0.29, 0.717) is 0 Å². The van der Waals surface area contributed by atoms with Crippen molar-refractivity contribution in [1.82, 2.24) is 0 Å². The molecule has 0 aromatic heterocycles. The minimum absolute atomic E-state index is 0.880. The number of rotatable bonds is 1.